The van der Waals surface area contributed by atoms with Crippen molar-refractivity contribution in [2.24, 2.45) is 5.92 Å². The Balaban J connectivity index is 2.16. The SMILES string of the molecule is CCOc1nc(N(C)C(C)C2CC2)ccc1N. The Hall–Kier alpha value is -1.45. The molecule has 0 spiro atoms. The number of nitrogens with two attached hydrogens (primary N) is 1. The zero-order valence-electron chi connectivity index (χ0n) is 10.8. The lowest BCUT2D eigenvalue weighted by Gasteiger charge is -2.26. The van der Waals surface area contributed by atoms with Crippen LogP contribution in [0.3, 0.4) is 0 Å². The second kappa shape index (κ2) is 4.82. The van der Waals surface area contributed by atoms with Crippen LogP contribution in [0.5, 0.6) is 5.88 Å². The van der Waals surface area contributed by atoms with Crippen molar-refractivity contribution in [1.29, 1.82) is 0 Å². The van der Waals surface area contributed by atoms with E-state index in [1.54, 1.807) is 0 Å². The highest BCUT2D eigenvalue weighted by Gasteiger charge is 2.31. The van der Waals surface area contributed by atoms with Gasteiger partial charge in [-0.3, -0.25) is 0 Å². The number of pyridine rings is 1. The monoisotopic (exact) mass is 235 g/mol. The molecule has 1 aliphatic carbocycles. The largest absolute Gasteiger partial charge is 0.476 e. The summed E-state index contributed by atoms with van der Waals surface area (Å²) in [4.78, 5) is 6.68. The Morgan fingerprint density at radius 1 is 1.53 bits per heavy atom. The van der Waals surface area contributed by atoms with Crippen molar-refractivity contribution in [1.82, 2.24) is 4.98 Å². The third kappa shape index (κ3) is 2.62. The number of ether oxygens (including phenoxy) is 1. The lowest BCUT2D eigenvalue weighted by molar-refractivity contribution is 0.329. The van der Waals surface area contributed by atoms with Gasteiger partial charge in [0.05, 0.1) is 12.3 Å². The van der Waals surface area contributed by atoms with Crippen LogP contribution in [0.1, 0.15) is 26.7 Å². The second-order valence-corrected chi connectivity index (χ2v) is 4.69. The lowest BCUT2D eigenvalue weighted by Crippen LogP contribution is -2.31. The number of hydrogen-bond donors (Lipinski definition) is 1. The van der Waals surface area contributed by atoms with E-state index in [-0.39, 0.29) is 0 Å². The van der Waals surface area contributed by atoms with E-state index >= 15 is 0 Å². The van der Waals surface area contributed by atoms with E-state index in [0.29, 0.717) is 24.2 Å². The molecule has 0 saturated heterocycles. The van der Waals surface area contributed by atoms with Gasteiger partial charge in [-0.15, -0.1) is 0 Å². The topological polar surface area (TPSA) is 51.4 Å². The van der Waals surface area contributed by atoms with Crippen LogP contribution in [0.2, 0.25) is 0 Å². The molecule has 17 heavy (non-hydrogen) atoms. The minimum Gasteiger partial charge on any atom is -0.476 e. The highest BCUT2D eigenvalue weighted by molar-refractivity contribution is 5.54. The molecule has 94 valence electrons. The van der Waals surface area contributed by atoms with Crippen LogP contribution in [-0.2, 0) is 0 Å². The first-order valence-corrected chi connectivity index (χ1v) is 6.25. The molecule has 2 N–H and O–H groups in total. The van der Waals surface area contributed by atoms with Crippen molar-refractivity contribution >= 4 is 11.5 Å². The number of nitrogens with zero attached hydrogens (tertiary/aromatic N) is 2. The molecule has 0 aliphatic heterocycles. The van der Waals surface area contributed by atoms with Gasteiger partial charge in [0.15, 0.2) is 0 Å². The van der Waals surface area contributed by atoms with E-state index in [0.717, 1.165) is 11.7 Å². The van der Waals surface area contributed by atoms with Gasteiger partial charge in [0.1, 0.15) is 5.82 Å². The predicted octanol–water partition coefficient (Wildman–Crippen LogP) is 2.30. The smallest absolute Gasteiger partial charge is 0.239 e. The van der Waals surface area contributed by atoms with E-state index in [9.17, 15) is 0 Å². The van der Waals surface area contributed by atoms with E-state index in [1.807, 2.05) is 19.1 Å². The van der Waals surface area contributed by atoms with Crippen molar-refractivity contribution < 1.29 is 4.74 Å². The number of nitrogen functional groups attached to an aromatic ring is 1. The molecule has 0 radical (unpaired) electrons. The van der Waals surface area contributed by atoms with Gasteiger partial charge < -0.3 is 15.4 Å². The summed E-state index contributed by atoms with van der Waals surface area (Å²) >= 11 is 0. The fourth-order valence-corrected chi connectivity index (χ4v) is 1.99. The molecule has 1 atom stereocenters. The van der Waals surface area contributed by atoms with E-state index in [1.165, 1.54) is 12.8 Å². The number of rotatable bonds is 5. The molecule has 1 aromatic heterocycles. The summed E-state index contributed by atoms with van der Waals surface area (Å²) in [7, 11) is 2.08. The molecule has 0 aromatic carbocycles. The molecule has 0 amide bonds. The standard InChI is InChI=1S/C13H21N3O/c1-4-17-13-11(14)7-8-12(15-13)16(3)9(2)10-5-6-10/h7-10H,4-6,14H2,1-3H3. The summed E-state index contributed by atoms with van der Waals surface area (Å²) in [6.07, 6.45) is 2.66. The fourth-order valence-electron chi connectivity index (χ4n) is 1.99. The number of hydrogen-bond acceptors (Lipinski definition) is 4. The maximum Gasteiger partial charge on any atom is 0.239 e. The molecular weight excluding hydrogens is 214 g/mol. The Kier molecular flexibility index (Phi) is 3.41. The van der Waals surface area contributed by atoms with Crippen molar-refractivity contribution in [3.8, 4) is 5.88 Å². The van der Waals surface area contributed by atoms with Crippen molar-refractivity contribution in [2.75, 3.05) is 24.3 Å². The number of anilines is 2. The molecule has 1 heterocycles. The molecule has 1 unspecified atom stereocenters. The van der Waals surface area contributed by atoms with E-state index in [4.69, 9.17) is 10.5 Å². The van der Waals surface area contributed by atoms with Gasteiger partial charge in [-0.1, -0.05) is 0 Å². The molecule has 1 aliphatic rings. The quantitative estimate of drug-likeness (QED) is 0.850. The fraction of sp³-hybridized carbons (Fsp3) is 0.615. The molecule has 1 aromatic rings. The van der Waals surface area contributed by atoms with Gasteiger partial charge in [0.2, 0.25) is 5.88 Å². The third-order valence-electron chi connectivity index (χ3n) is 3.43. The molecule has 1 fully saturated rings. The van der Waals surface area contributed by atoms with Crippen LogP contribution in [0.4, 0.5) is 11.5 Å². The Morgan fingerprint density at radius 2 is 2.24 bits per heavy atom. The van der Waals surface area contributed by atoms with Crippen LogP contribution >= 0.6 is 0 Å². The van der Waals surface area contributed by atoms with Crippen molar-refractivity contribution in [2.45, 2.75) is 32.7 Å². The van der Waals surface area contributed by atoms with Crippen molar-refractivity contribution in [3.05, 3.63) is 12.1 Å². The van der Waals surface area contributed by atoms with Gasteiger partial charge >= 0.3 is 0 Å². The van der Waals surface area contributed by atoms with Crippen LogP contribution in [0.25, 0.3) is 0 Å². The maximum atomic E-state index is 5.82. The zero-order valence-corrected chi connectivity index (χ0v) is 10.8. The molecule has 1 saturated carbocycles. The average molecular weight is 235 g/mol. The molecule has 0 bridgehead atoms. The Morgan fingerprint density at radius 3 is 2.82 bits per heavy atom. The second-order valence-electron chi connectivity index (χ2n) is 4.69. The average Bonchev–Trinajstić information content (AvgIpc) is 3.14. The minimum atomic E-state index is 0.528. The summed E-state index contributed by atoms with van der Waals surface area (Å²) in [5.41, 5.74) is 6.42. The zero-order chi connectivity index (χ0) is 12.4. The van der Waals surface area contributed by atoms with Gasteiger partial charge in [-0.25, -0.2) is 0 Å². The highest BCUT2D eigenvalue weighted by atomic mass is 16.5. The summed E-state index contributed by atoms with van der Waals surface area (Å²) in [5, 5.41) is 0. The summed E-state index contributed by atoms with van der Waals surface area (Å²) in [5.74, 6) is 2.29. The van der Waals surface area contributed by atoms with Gasteiger partial charge in [0, 0.05) is 13.1 Å². The van der Waals surface area contributed by atoms with Gasteiger partial charge in [-0.05, 0) is 44.7 Å². The lowest BCUT2D eigenvalue weighted by atomic mass is 10.2. The van der Waals surface area contributed by atoms with E-state index < -0.39 is 0 Å². The first-order valence-electron chi connectivity index (χ1n) is 6.25. The maximum absolute atomic E-state index is 5.82. The van der Waals surface area contributed by atoms with Crippen molar-refractivity contribution in [3.63, 3.8) is 0 Å². The third-order valence-corrected chi connectivity index (χ3v) is 3.43. The van der Waals surface area contributed by atoms with Gasteiger partial charge in [-0.2, -0.15) is 4.98 Å². The molecule has 4 heteroatoms. The van der Waals surface area contributed by atoms with Crippen LogP contribution < -0.4 is 15.4 Å². The summed E-state index contributed by atoms with van der Waals surface area (Å²) in [6.45, 7) is 4.77. The Labute approximate surface area is 103 Å². The van der Waals surface area contributed by atoms with E-state index in [2.05, 4.69) is 23.9 Å². The normalized spacial score (nSPS) is 16.6. The van der Waals surface area contributed by atoms with Gasteiger partial charge in [0.25, 0.3) is 0 Å². The molecular formula is C13H21N3O. The Bertz CT molecular complexity index is 390. The number of aromatic nitrogens is 1. The summed E-state index contributed by atoms with van der Waals surface area (Å²) < 4.78 is 5.42. The predicted molar refractivity (Wildman–Crippen MR) is 70.4 cm³/mol. The summed E-state index contributed by atoms with van der Waals surface area (Å²) in [6, 6.07) is 4.35. The van der Waals surface area contributed by atoms with Crippen LogP contribution in [0.15, 0.2) is 12.1 Å². The highest BCUT2D eigenvalue weighted by Crippen LogP contribution is 2.36. The molecule has 4 nitrogen and oxygen atoms in total. The van der Waals surface area contributed by atoms with Crippen LogP contribution in [0, 0.1) is 5.92 Å². The minimum absolute atomic E-state index is 0.528. The first-order chi connectivity index (χ1) is 8.13. The first kappa shape index (κ1) is 12.0. The van der Waals surface area contributed by atoms with Crippen LogP contribution in [-0.4, -0.2) is 24.7 Å². The molecule has 2 rings (SSSR count).